The van der Waals surface area contributed by atoms with Crippen LogP contribution in [0.25, 0.3) is 0 Å². The fourth-order valence-corrected chi connectivity index (χ4v) is 2.63. The van der Waals surface area contributed by atoms with E-state index in [2.05, 4.69) is 0 Å². The number of hydrogen-bond acceptors (Lipinski definition) is 5. The molecule has 0 bridgehead atoms. The number of aliphatic hydroxyl groups is 2. The molecule has 1 saturated heterocycles. The first kappa shape index (κ1) is 10.6. The van der Waals surface area contributed by atoms with E-state index in [1.807, 2.05) is 11.0 Å². The fourth-order valence-electron chi connectivity index (χ4n) is 1.79. The summed E-state index contributed by atoms with van der Waals surface area (Å²) in [6, 6.07) is 3.65. The van der Waals surface area contributed by atoms with Crippen molar-refractivity contribution in [1.29, 1.82) is 0 Å². The molecule has 2 rings (SSSR count). The summed E-state index contributed by atoms with van der Waals surface area (Å²) in [6.45, 7) is 1.18. The van der Waals surface area contributed by atoms with Crippen molar-refractivity contribution in [2.45, 2.75) is 6.10 Å². The van der Waals surface area contributed by atoms with Crippen LogP contribution in [-0.2, 0) is 0 Å². The molecule has 0 saturated carbocycles. The topological polar surface area (TPSA) is 60.8 Å². The number of carbonyl (C=O) groups is 1. The summed E-state index contributed by atoms with van der Waals surface area (Å²) in [5.41, 5.74) is 0. The van der Waals surface area contributed by atoms with Crippen LogP contribution in [0.15, 0.2) is 12.1 Å². The third-order valence-electron chi connectivity index (χ3n) is 2.68. The highest BCUT2D eigenvalue weighted by Crippen LogP contribution is 2.29. The van der Waals surface area contributed by atoms with Crippen LogP contribution in [0.3, 0.4) is 0 Å². The lowest BCUT2D eigenvalue weighted by Gasteiger charge is -2.14. The minimum atomic E-state index is -0.475. The molecule has 1 aliphatic rings. The van der Waals surface area contributed by atoms with Crippen LogP contribution in [0.4, 0.5) is 5.00 Å². The Morgan fingerprint density at radius 3 is 2.87 bits per heavy atom. The number of β-amino-alcohol motifs (C(OH)–C–C–N with tert-alkyl or cyclic N) is 1. The fraction of sp³-hybridized carbons (Fsp3) is 0.500. The molecule has 4 nitrogen and oxygen atoms in total. The number of thiophene rings is 1. The highest BCUT2D eigenvalue weighted by molar-refractivity contribution is 7.17. The van der Waals surface area contributed by atoms with E-state index >= 15 is 0 Å². The van der Waals surface area contributed by atoms with Gasteiger partial charge in [-0.05, 0) is 12.1 Å². The maximum atomic E-state index is 10.5. The Hall–Kier alpha value is -0.910. The molecule has 15 heavy (non-hydrogen) atoms. The summed E-state index contributed by atoms with van der Waals surface area (Å²) in [5.74, 6) is -0.0771. The summed E-state index contributed by atoms with van der Waals surface area (Å²) in [4.78, 5) is 13.2. The van der Waals surface area contributed by atoms with E-state index in [0.29, 0.717) is 18.0 Å². The molecule has 5 heteroatoms. The van der Waals surface area contributed by atoms with E-state index < -0.39 is 6.10 Å². The summed E-state index contributed by atoms with van der Waals surface area (Å²) in [5, 5.41) is 19.6. The number of aliphatic hydroxyl groups excluding tert-OH is 2. The molecule has 2 heterocycles. The van der Waals surface area contributed by atoms with Crippen LogP contribution in [0.5, 0.6) is 0 Å². The zero-order valence-electron chi connectivity index (χ0n) is 8.17. The van der Waals surface area contributed by atoms with E-state index in [9.17, 15) is 9.90 Å². The molecule has 0 aromatic carbocycles. The largest absolute Gasteiger partial charge is 0.396 e. The van der Waals surface area contributed by atoms with Crippen LogP contribution in [-0.4, -0.2) is 42.3 Å². The van der Waals surface area contributed by atoms with Gasteiger partial charge in [-0.2, -0.15) is 0 Å². The number of rotatable bonds is 3. The monoisotopic (exact) mass is 227 g/mol. The summed E-state index contributed by atoms with van der Waals surface area (Å²) in [7, 11) is 0. The summed E-state index contributed by atoms with van der Waals surface area (Å²) < 4.78 is 0. The second kappa shape index (κ2) is 4.30. The number of aldehydes is 1. The quantitative estimate of drug-likeness (QED) is 0.731. The Labute approximate surface area is 91.8 Å². The lowest BCUT2D eigenvalue weighted by atomic mass is 10.1. The molecule has 1 aromatic rings. The SMILES string of the molecule is O=Cc1ccc(N2CC(O)C(CO)C2)s1. The number of carbonyl (C=O) groups excluding carboxylic acids is 1. The molecule has 2 unspecified atom stereocenters. The first-order valence-electron chi connectivity index (χ1n) is 4.83. The number of nitrogens with zero attached hydrogens (tertiary/aromatic N) is 1. The van der Waals surface area contributed by atoms with Gasteiger partial charge in [-0.15, -0.1) is 11.3 Å². The van der Waals surface area contributed by atoms with Gasteiger partial charge >= 0.3 is 0 Å². The molecule has 1 aliphatic heterocycles. The highest BCUT2D eigenvalue weighted by Gasteiger charge is 2.31. The summed E-state index contributed by atoms with van der Waals surface area (Å²) in [6.07, 6.45) is 0.348. The second-order valence-corrected chi connectivity index (χ2v) is 4.80. The van der Waals surface area contributed by atoms with Gasteiger partial charge in [0.05, 0.1) is 22.6 Å². The average Bonchev–Trinajstić information content (AvgIpc) is 2.83. The molecule has 1 fully saturated rings. The van der Waals surface area contributed by atoms with Crippen molar-refractivity contribution >= 4 is 22.6 Å². The third kappa shape index (κ3) is 2.04. The van der Waals surface area contributed by atoms with E-state index in [-0.39, 0.29) is 12.5 Å². The van der Waals surface area contributed by atoms with E-state index in [4.69, 9.17) is 5.11 Å². The average molecular weight is 227 g/mol. The predicted molar refractivity (Wildman–Crippen MR) is 58.5 cm³/mol. The Kier molecular flexibility index (Phi) is 3.04. The van der Waals surface area contributed by atoms with Crippen molar-refractivity contribution in [1.82, 2.24) is 0 Å². The van der Waals surface area contributed by atoms with E-state index in [0.717, 1.165) is 11.3 Å². The smallest absolute Gasteiger partial charge is 0.160 e. The minimum absolute atomic E-state index is 0.00355. The van der Waals surface area contributed by atoms with E-state index in [1.54, 1.807) is 6.07 Å². The van der Waals surface area contributed by atoms with Gasteiger partial charge in [0.2, 0.25) is 0 Å². The molecule has 0 spiro atoms. The molecular formula is C10H13NO3S. The molecule has 1 aromatic heterocycles. The first-order chi connectivity index (χ1) is 7.24. The summed E-state index contributed by atoms with van der Waals surface area (Å²) >= 11 is 1.41. The van der Waals surface area contributed by atoms with Crippen molar-refractivity contribution in [3.05, 3.63) is 17.0 Å². The van der Waals surface area contributed by atoms with Gasteiger partial charge in [-0.1, -0.05) is 0 Å². The van der Waals surface area contributed by atoms with Crippen molar-refractivity contribution in [2.75, 3.05) is 24.6 Å². The van der Waals surface area contributed by atoms with Crippen molar-refractivity contribution in [3.63, 3.8) is 0 Å². The predicted octanol–water partition coefficient (Wildman–Crippen LogP) is 0.350. The van der Waals surface area contributed by atoms with Crippen LogP contribution in [0.1, 0.15) is 9.67 Å². The Morgan fingerprint density at radius 2 is 2.33 bits per heavy atom. The molecule has 0 amide bonds. The van der Waals surface area contributed by atoms with Gasteiger partial charge in [0.15, 0.2) is 6.29 Å². The lowest BCUT2D eigenvalue weighted by molar-refractivity contribution is 0.104. The normalized spacial score (nSPS) is 25.9. The minimum Gasteiger partial charge on any atom is -0.396 e. The van der Waals surface area contributed by atoms with Gasteiger partial charge in [0, 0.05) is 19.0 Å². The highest BCUT2D eigenvalue weighted by atomic mass is 32.1. The van der Waals surface area contributed by atoms with Crippen LogP contribution >= 0.6 is 11.3 Å². The van der Waals surface area contributed by atoms with Gasteiger partial charge < -0.3 is 15.1 Å². The maximum Gasteiger partial charge on any atom is 0.160 e. The van der Waals surface area contributed by atoms with Crippen molar-refractivity contribution in [2.24, 2.45) is 5.92 Å². The molecule has 0 aliphatic carbocycles. The van der Waals surface area contributed by atoms with Gasteiger partial charge in [0.25, 0.3) is 0 Å². The molecule has 0 radical (unpaired) electrons. The van der Waals surface area contributed by atoms with Gasteiger partial charge in [0.1, 0.15) is 0 Å². The van der Waals surface area contributed by atoms with Crippen LogP contribution in [0.2, 0.25) is 0 Å². The van der Waals surface area contributed by atoms with Gasteiger partial charge in [-0.3, -0.25) is 4.79 Å². The third-order valence-corrected chi connectivity index (χ3v) is 3.75. The zero-order chi connectivity index (χ0) is 10.8. The molecule has 2 atom stereocenters. The van der Waals surface area contributed by atoms with Crippen LogP contribution in [0, 0.1) is 5.92 Å². The number of hydrogen-bond donors (Lipinski definition) is 2. The lowest BCUT2D eigenvalue weighted by Crippen LogP contribution is -2.20. The van der Waals surface area contributed by atoms with Crippen molar-refractivity contribution < 1.29 is 15.0 Å². The molecular weight excluding hydrogens is 214 g/mol. The zero-order valence-corrected chi connectivity index (χ0v) is 8.98. The van der Waals surface area contributed by atoms with Gasteiger partial charge in [-0.25, -0.2) is 0 Å². The van der Waals surface area contributed by atoms with Crippen LogP contribution < -0.4 is 4.90 Å². The molecule has 82 valence electrons. The molecule has 2 N–H and O–H groups in total. The Morgan fingerprint density at radius 1 is 1.53 bits per heavy atom. The Balaban J connectivity index is 2.09. The number of anilines is 1. The standard InChI is InChI=1S/C10H13NO3S/c12-5-7-3-11(4-9(7)14)10-2-1-8(6-13)15-10/h1-2,6-7,9,12,14H,3-5H2. The Bertz CT molecular complexity index is 352. The van der Waals surface area contributed by atoms with Crippen molar-refractivity contribution in [3.8, 4) is 0 Å². The second-order valence-electron chi connectivity index (χ2n) is 3.71. The van der Waals surface area contributed by atoms with E-state index in [1.165, 1.54) is 11.3 Å². The first-order valence-corrected chi connectivity index (χ1v) is 5.65. The maximum absolute atomic E-state index is 10.5.